The van der Waals surface area contributed by atoms with E-state index in [1.807, 2.05) is 48.5 Å². The smallest absolute Gasteiger partial charge is 0.317 e. The Morgan fingerprint density at radius 1 is 0.970 bits per heavy atom. The fraction of sp³-hybridized carbons (Fsp3) is 0.481. The second-order valence-electron chi connectivity index (χ2n) is 9.39. The molecule has 33 heavy (non-hydrogen) atoms. The topological polar surface area (TPSA) is 63.1 Å². The number of hydrogen-bond acceptors (Lipinski definition) is 4. The normalized spacial score (nSPS) is 26.2. The Balaban J connectivity index is 0.000000318. The van der Waals surface area contributed by atoms with Gasteiger partial charge in [0.05, 0.1) is 13.0 Å². The maximum absolute atomic E-state index is 12.9. The van der Waals surface area contributed by atoms with E-state index in [-0.39, 0.29) is 18.1 Å². The molecule has 0 spiro atoms. The zero-order valence-corrected chi connectivity index (χ0v) is 19.4. The first-order chi connectivity index (χ1) is 16.2. The molecule has 3 saturated heterocycles. The van der Waals surface area contributed by atoms with Crippen molar-refractivity contribution in [3.05, 3.63) is 71.8 Å². The minimum absolute atomic E-state index is 0.0762. The number of benzene rings is 2. The van der Waals surface area contributed by atoms with Crippen LogP contribution in [0.3, 0.4) is 0 Å². The highest BCUT2D eigenvalue weighted by molar-refractivity contribution is 5.78. The molecule has 2 aromatic carbocycles. The zero-order chi connectivity index (χ0) is 22.9. The van der Waals surface area contributed by atoms with Gasteiger partial charge in [0.15, 0.2) is 6.04 Å². The van der Waals surface area contributed by atoms with E-state index in [0.29, 0.717) is 12.8 Å². The van der Waals surface area contributed by atoms with Gasteiger partial charge in [-0.25, -0.2) is 9.86 Å². The van der Waals surface area contributed by atoms with Gasteiger partial charge in [-0.1, -0.05) is 73.5 Å². The SMILES string of the molecule is C1CCCNCC1.O=CN(OCc1ccccc1)C1CC2(Cc3ccccc3)CC[NH+]2C1=O. The van der Waals surface area contributed by atoms with Crippen LogP contribution in [0.2, 0.25) is 0 Å². The van der Waals surface area contributed by atoms with Gasteiger partial charge in [-0.2, -0.15) is 0 Å². The Labute approximate surface area is 196 Å². The molecule has 3 fully saturated rings. The Kier molecular flexibility index (Phi) is 8.26. The molecule has 3 heterocycles. The molecular formula is C27H36N3O3+. The summed E-state index contributed by atoms with van der Waals surface area (Å²) in [5, 5.41) is 4.58. The molecule has 3 unspecified atom stereocenters. The fourth-order valence-electron chi connectivity index (χ4n) is 5.23. The summed E-state index contributed by atoms with van der Waals surface area (Å²) < 4.78 is 0. The number of carbonyl (C=O) groups is 2. The number of nitrogens with one attached hydrogen (secondary N) is 2. The molecule has 6 heteroatoms. The van der Waals surface area contributed by atoms with Gasteiger partial charge in [0.2, 0.25) is 6.41 Å². The fourth-order valence-corrected chi connectivity index (χ4v) is 5.23. The van der Waals surface area contributed by atoms with Crippen LogP contribution in [0, 0.1) is 0 Å². The summed E-state index contributed by atoms with van der Waals surface area (Å²) in [6.45, 7) is 3.62. The largest absolute Gasteiger partial charge is 0.338 e. The summed E-state index contributed by atoms with van der Waals surface area (Å²) in [7, 11) is 0. The highest BCUT2D eigenvalue weighted by Crippen LogP contribution is 2.31. The van der Waals surface area contributed by atoms with Crippen LogP contribution in [-0.2, 0) is 27.5 Å². The molecule has 3 atom stereocenters. The summed E-state index contributed by atoms with van der Waals surface area (Å²) in [5.41, 5.74) is 2.11. The molecule has 0 bridgehead atoms. The van der Waals surface area contributed by atoms with Gasteiger partial charge in [0.1, 0.15) is 12.1 Å². The summed E-state index contributed by atoms with van der Waals surface area (Å²) in [6, 6.07) is 19.4. The number of nitrogens with zero attached hydrogens (tertiary/aromatic N) is 1. The van der Waals surface area contributed by atoms with Crippen LogP contribution in [0.1, 0.15) is 49.7 Å². The summed E-state index contributed by atoms with van der Waals surface area (Å²) in [5.74, 6) is 0.0762. The molecule has 0 aromatic heterocycles. The maximum atomic E-state index is 12.9. The number of rotatable bonds is 7. The molecule has 0 aliphatic carbocycles. The van der Waals surface area contributed by atoms with Crippen molar-refractivity contribution in [2.45, 2.75) is 63.1 Å². The van der Waals surface area contributed by atoms with E-state index in [4.69, 9.17) is 4.84 Å². The monoisotopic (exact) mass is 450 g/mol. The third kappa shape index (κ3) is 5.88. The average Bonchev–Trinajstić information content (AvgIpc) is 3.07. The van der Waals surface area contributed by atoms with Crippen LogP contribution >= 0.6 is 0 Å². The standard InChI is InChI=1S/C21H22N2O3.C6H13N/c24-16-23(26-15-18-9-5-2-6-10-18)19-14-21(11-12-22(21)20(19)25)13-17-7-3-1-4-8-17;1-2-4-6-7-5-3-1/h1-10,16,19H,11-15H2;7H,1-6H2/p+1. The Hall–Kier alpha value is -2.54. The number of hydrogen-bond donors (Lipinski definition) is 2. The first-order valence-corrected chi connectivity index (χ1v) is 12.3. The van der Waals surface area contributed by atoms with Crippen molar-refractivity contribution >= 4 is 12.3 Å². The van der Waals surface area contributed by atoms with E-state index in [1.54, 1.807) is 0 Å². The van der Waals surface area contributed by atoms with E-state index in [2.05, 4.69) is 17.4 Å². The van der Waals surface area contributed by atoms with Crippen LogP contribution in [0.25, 0.3) is 0 Å². The Bertz CT molecular complexity index is 872. The molecule has 2 aromatic rings. The van der Waals surface area contributed by atoms with Crippen molar-refractivity contribution < 1.29 is 19.3 Å². The van der Waals surface area contributed by atoms with Gasteiger partial charge in [0, 0.05) is 12.8 Å². The zero-order valence-electron chi connectivity index (χ0n) is 19.4. The van der Waals surface area contributed by atoms with Gasteiger partial charge < -0.3 is 5.32 Å². The van der Waals surface area contributed by atoms with Gasteiger partial charge in [0.25, 0.3) is 0 Å². The molecule has 0 radical (unpaired) electrons. The second kappa shape index (κ2) is 11.5. The van der Waals surface area contributed by atoms with Crippen molar-refractivity contribution in [1.82, 2.24) is 10.4 Å². The van der Waals surface area contributed by atoms with Gasteiger partial charge >= 0.3 is 5.91 Å². The van der Waals surface area contributed by atoms with E-state index < -0.39 is 6.04 Å². The van der Waals surface area contributed by atoms with Crippen molar-refractivity contribution in [1.29, 1.82) is 0 Å². The lowest BCUT2D eigenvalue weighted by atomic mass is 9.79. The van der Waals surface area contributed by atoms with Crippen molar-refractivity contribution in [3.63, 3.8) is 0 Å². The van der Waals surface area contributed by atoms with Gasteiger partial charge in [-0.05, 0) is 37.1 Å². The molecule has 5 rings (SSSR count). The minimum Gasteiger partial charge on any atom is -0.317 e. The predicted octanol–water partition coefficient (Wildman–Crippen LogP) is 2.30. The van der Waals surface area contributed by atoms with Crippen molar-refractivity contribution in [3.8, 4) is 0 Å². The highest BCUT2D eigenvalue weighted by atomic mass is 16.7. The van der Waals surface area contributed by atoms with Crippen molar-refractivity contribution in [2.75, 3.05) is 19.6 Å². The molecular weight excluding hydrogens is 414 g/mol. The predicted molar refractivity (Wildman–Crippen MR) is 127 cm³/mol. The minimum atomic E-state index is -0.502. The van der Waals surface area contributed by atoms with E-state index in [0.717, 1.165) is 29.8 Å². The van der Waals surface area contributed by atoms with Crippen LogP contribution < -0.4 is 10.2 Å². The van der Waals surface area contributed by atoms with E-state index >= 15 is 0 Å². The van der Waals surface area contributed by atoms with E-state index in [1.165, 1.54) is 49.4 Å². The van der Waals surface area contributed by atoms with Crippen LogP contribution in [0.15, 0.2) is 60.7 Å². The number of amides is 2. The van der Waals surface area contributed by atoms with Gasteiger partial charge in [-0.15, -0.1) is 0 Å². The summed E-state index contributed by atoms with van der Waals surface area (Å²) in [4.78, 5) is 31.1. The molecule has 2 amide bonds. The quantitative estimate of drug-likeness (QED) is 0.502. The first-order valence-electron chi connectivity index (χ1n) is 12.3. The second-order valence-corrected chi connectivity index (χ2v) is 9.39. The Morgan fingerprint density at radius 2 is 1.61 bits per heavy atom. The Morgan fingerprint density at radius 3 is 2.18 bits per heavy atom. The number of carbonyl (C=O) groups excluding carboxylic acids is 2. The third-order valence-electron chi connectivity index (χ3n) is 7.15. The molecule has 3 aliphatic rings. The number of hydroxylamine groups is 2. The number of quaternary nitrogens is 1. The van der Waals surface area contributed by atoms with Crippen molar-refractivity contribution in [2.24, 2.45) is 0 Å². The first kappa shape index (κ1) is 23.6. The summed E-state index contributed by atoms with van der Waals surface area (Å²) in [6.07, 6.45) is 8.82. The molecule has 0 saturated carbocycles. The van der Waals surface area contributed by atoms with Crippen LogP contribution in [0.4, 0.5) is 0 Å². The number of fused-ring (bicyclic) bond motifs is 1. The molecule has 2 N–H and O–H groups in total. The molecule has 176 valence electrons. The molecule has 6 nitrogen and oxygen atoms in total. The summed E-state index contributed by atoms with van der Waals surface area (Å²) >= 11 is 0. The molecule has 3 aliphatic heterocycles. The average molecular weight is 451 g/mol. The lowest BCUT2D eigenvalue weighted by molar-refractivity contribution is -0.916. The third-order valence-corrected chi connectivity index (χ3v) is 7.15. The van der Waals surface area contributed by atoms with Crippen LogP contribution in [-0.4, -0.2) is 48.6 Å². The maximum Gasteiger partial charge on any atom is 0.338 e. The van der Waals surface area contributed by atoms with E-state index in [9.17, 15) is 9.59 Å². The van der Waals surface area contributed by atoms with Gasteiger partial charge in [-0.3, -0.25) is 14.5 Å². The lowest BCUT2D eigenvalue weighted by Gasteiger charge is -2.42. The lowest BCUT2D eigenvalue weighted by Crippen LogP contribution is -3.27. The highest BCUT2D eigenvalue weighted by Gasteiger charge is 2.63. The van der Waals surface area contributed by atoms with Crippen LogP contribution in [0.5, 0.6) is 0 Å².